The Morgan fingerprint density at radius 1 is 1.57 bits per heavy atom. The Hall–Kier alpha value is -0.400. The smallest absolute Gasteiger partial charge is 0.0827 e. The van der Waals surface area contributed by atoms with Crippen LogP contribution in [0.2, 0.25) is 0 Å². The molecule has 14 heavy (non-hydrogen) atoms. The number of thiophene rings is 1. The van der Waals surface area contributed by atoms with Gasteiger partial charge in [-0.2, -0.15) is 5.10 Å². The van der Waals surface area contributed by atoms with Crippen LogP contribution in [0, 0.1) is 3.57 Å². The Labute approximate surface area is 100 Å². The molecule has 0 radical (unpaired) electrons. The van der Waals surface area contributed by atoms with E-state index in [2.05, 4.69) is 39.1 Å². The molecule has 1 atom stereocenters. The van der Waals surface area contributed by atoms with Gasteiger partial charge >= 0.3 is 0 Å². The van der Waals surface area contributed by atoms with E-state index in [0.717, 1.165) is 5.69 Å². The first kappa shape index (κ1) is 10.1. The fourth-order valence-electron chi connectivity index (χ4n) is 1.35. The lowest BCUT2D eigenvalue weighted by molar-refractivity contribution is 0.677. The van der Waals surface area contributed by atoms with Crippen molar-refractivity contribution in [2.24, 2.45) is 12.8 Å². The second-order valence-electron chi connectivity index (χ2n) is 2.99. The predicted octanol–water partition coefficient (Wildman–Crippen LogP) is 2.13. The first-order valence-electron chi connectivity index (χ1n) is 4.16. The Morgan fingerprint density at radius 2 is 2.36 bits per heavy atom. The Balaban J connectivity index is 2.38. The SMILES string of the molecule is Cn1nccc1C(N)c1sccc1I. The minimum Gasteiger partial charge on any atom is -0.318 e. The van der Waals surface area contributed by atoms with Crippen molar-refractivity contribution in [3.8, 4) is 0 Å². The largest absolute Gasteiger partial charge is 0.318 e. The van der Waals surface area contributed by atoms with Crippen molar-refractivity contribution < 1.29 is 0 Å². The second kappa shape index (κ2) is 4.00. The molecule has 0 aliphatic carbocycles. The van der Waals surface area contributed by atoms with Gasteiger partial charge in [0, 0.05) is 21.7 Å². The zero-order valence-corrected chi connectivity index (χ0v) is 10.6. The van der Waals surface area contributed by atoms with E-state index < -0.39 is 0 Å². The Bertz CT molecular complexity index is 394. The van der Waals surface area contributed by atoms with E-state index in [4.69, 9.17) is 5.73 Å². The average molecular weight is 319 g/mol. The molecular weight excluding hydrogens is 309 g/mol. The van der Waals surface area contributed by atoms with E-state index in [1.165, 1.54) is 8.45 Å². The summed E-state index contributed by atoms with van der Waals surface area (Å²) in [4.78, 5) is 1.20. The van der Waals surface area contributed by atoms with Crippen LogP contribution in [0.1, 0.15) is 16.6 Å². The molecule has 0 aromatic carbocycles. The fraction of sp³-hybridized carbons (Fsp3) is 0.222. The molecule has 2 N–H and O–H groups in total. The number of halogens is 1. The third-order valence-corrected chi connectivity index (χ3v) is 4.41. The highest BCUT2D eigenvalue weighted by Gasteiger charge is 2.15. The first-order valence-corrected chi connectivity index (χ1v) is 6.12. The minimum atomic E-state index is -0.0607. The van der Waals surface area contributed by atoms with Crippen molar-refractivity contribution in [3.05, 3.63) is 37.9 Å². The molecule has 0 amide bonds. The molecule has 1 unspecified atom stereocenters. The highest BCUT2D eigenvalue weighted by Crippen LogP contribution is 2.28. The number of nitrogens with zero attached hydrogens (tertiary/aromatic N) is 2. The van der Waals surface area contributed by atoms with Crippen molar-refractivity contribution in [2.75, 3.05) is 0 Å². The summed E-state index contributed by atoms with van der Waals surface area (Å²) in [5.41, 5.74) is 7.20. The van der Waals surface area contributed by atoms with Crippen LogP contribution in [-0.2, 0) is 7.05 Å². The Morgan fingerprint density at radius 3 is 2.86 bits per heavy atom. The maximum Gasteiger partial charge on any atom is 0.0827 e. The average Bonchev–Trinajstić information content (AvgIpc) is 2.73. The maximum absolute atomic E-state index is 6.15. The van der Waals surface area contributed by atoms with Crippen molar-refractivity contribution in [1.29, 1.82) is 0 Å². The third-order valence-electron chi connectivity index (χ3n) is 2.10. The van der Waals surface area contributed by atoms with Crippen LogP contribution in [0.15, 0.2) is 23.7 Å². The van der Waals surface area contributed by atoms with Gasteiger partial charge in [0.1, 0.15) is 0 Å². The van der Waals surface area contributed by atoms with Crippen molar-refractivity contribution >= 4 is 33.9 Å². The fourth-order valence-corrected chi connectivity index (χ4v) is 3.29. The van der Waals surface area contributed by atoms with Gasteiger partial charge in [0.25, 0.3) is 0 Å². The molecule has 2 rings (SSSR count). The highest BCUT2D eigenvalue weighted by atomic mass is 127. The monoisotopic (exact) mass is 319 g/mol. The minimum absolute atomic E-state index is 0.0607. The predicted molar refractivity (Wildman–Crippen MR) is 66.3 cm³/mol. The first-order chi connectivity index (χ1) is 6.70. The number of hydrogen-bond acceptors (Lipinski definition) is 3. The van der Waals surface area contributed by atoms with E-state index in [1.807, 2.05) is 17.8 Å². The molecule has 2 aromatic rings. The summed E-state index contributed by atoms with van der Waals surface area (Å²) in [6.07, 6.45) is 1.77. The second-order valence-corrected chi connectivity index (χ2v) is 5.10. The zero-order chi connectivity index (χ0) is 10.1. The molecule has 0 saturated heterocycles. The van der Waals surface area contributed by atoms with Gasteiger partial charge in [0.05, 0.1) is 11.7 Å². The lowest BCUT2D eigenvalue weighted by Crippen LogP contribution is -2.15. The number of aryl methyl sites for hydroxylation is 1. The van der Waals surface area contributed by atoms with Gasteiger partial charge < -0.3 is 5.73 Å². The van der Waals surface area contributed by atoms with Crippen molar-refractivity contribution in [2.45, 2.75) is 6.04 Å². The quantitative estimate of drug-likeness (QED) is 0.862. The molecule has 5 heteroatoms. The lowest BCUT2D eigenvalue weighted by atomic mass is 10.2. The van der Waals surface area contributed by atoms with Gasteiger partial charge in [-0.15, -0.1) is 11.3 Å². The van der Waals surface area contributed by atoms with Crippen LogP contribution in [0.4, 0.5) is 0 Å². The summed E-state index contributed by atoms with van der Waals surface area (Å²) in [6, 6.07) is 3.98. The molecule has 74 valence electrons. The van der Waals surface area contributed by atoms with Crippen LogP contribution in [-0.4, -0.2) is 9.78 Å². The van der Waals surface area contributed by atoms with Crippen LogP contribution in [0.3, 0.4) is 0 Å². The molecule has 0 bridgehead atoms. The van der Waals surface area contributed by atoms with Crippen LogP contribution < -0.4 is 5.73 Å². The van der Waals surface area contributed by atoms with Crippen LogP contribution in [0.5, 0.6) is 0 Å². The number of nitrogens with two attached hydrogens (primary N) is 1. The van der Waals surface area contributed by atoms with E-state index in [0.29, 0.717) is 0 Å². The van der Waals surface area contributed by atoms with E-state index >= 15 is 0 Å². The zero-order valence-electron chi connectivity index (χ0n) is 7.64. The van der Waals surface area contributed by atoms with Crippen molar-refractivity contribution in [1.82, 2.24) is 9.78 Å². The standard InChI is InChI=1S/C9H10IN3S/c1-13-7(2-4-12-13)8(11)9-6(10)3-5-14-9/h2-5,8H,11H2,1H3. The summed E-state index contributed by atoms with van der Waals surface area (Å²) < 4.78 is 3.04. The summed E-state index contributed by atoms with van der Waals surface area (Å²) in [7, 11) is 1.91. The molecule has 0 aliphatic heterocycles. The third kappa shape index (κ3) is 1.71. The molecule has 0 aliphatic rings. The van der Waals surface area contributed by atoms with Gasteiger partial charge in [0.2, 0.25) is 0 Å². The van der Waals surface area contributed by atoms with Gasteiger partial charge in [0.15, 0.2) is 0 Å². The molecule has 2 heterocycles. The Kier molecular flexibility index (Phi) is 2.89. The van der Waals surface area contributed by atoms with Crippen molar-refractivity contribution in [3.63, 3.8) is 0 Å². The summed E-state index contributed by atoms with van der Waals surface area (Å²) >= 11 is 4.00. The molecule has 0 fully saturated rings. The highest BCUT2D eigenvalue weighted by molar-refractivity contribution is 14.1. The summed E-state index contributed by atoms with van der Waals surface area (Å²) in [6.45, 7) is 0. The lowest BCUT2D eigenvalue weighted by Gasteiger charge is -2.10. The molecule has 0 saturated carbocycles. The number of hydrogen-bond donors (Lipinski definition) is 1. The van der Waals surface area contributed by atoms with E-state index in [9.17, 15) is 0 Å². The normalized spacial score (nSPS) is 13.1. The number of aromatic nitrogens is 2. The topological polar surface area (TPSA) is 43.8 Å². The van der Waals surface area contributed by atoms with E-state index in [-0.39, 0.29) is 6.04 Å². The molecule has 0 spiro atoms. The van der Waals surface area contributed by atoms with Gasteiger partial charge in [-0.3, -0.25) is 4.68 Å². The maximum atomic E-state index is 6.15. The summed E-state index contributed by atoms with van der Waals surface area (Å²) in [5, 5.41) is 6.18. The molecular formula is C9H10IN3S. The van der Waals surface area contributed by atoms with Gasteiger partial charge in [-0.1, -0.05) is 0 Å². The van der Waals surface area contributed by atoms with Gasteiger partial charge in [-0.25, -0.2) is 0 Å². The molecule has 3 nitrogen and oxygen atoms in total. The molecule has 2 aromatic heterocycles. The number of rotatable bonds is 2. The summed E-state index contributed by atoms with van der Waals surface area (Å²) in [5.74, 6) is 0. The van der Waals surface area contributed by atoms with E-state index in [1.54, 1.807) is 17.5 Å². The van der Waals surface area contributed by atoms with Crippen LogP contribution >= 0.6 is 33.9 Å². The van der Waals surface area contributed by atoms with Crippen LogP contribution in [0.25, 0.3) is 0 Å². The van der Waals surface area contributed by atoms with Gasteiger partial charge in [-0.05, 0) is 40.1 Å².